The molecule has 1 amide bonds. The molecule has 0 spiro atoms. The number of aromatic nitrogens is 2. The molecule has 2 aromatic heterocycles. The molecular formula is C20H26N4O2. The molecule has 1 atom stereocenters. The lowest BCUT2D eigenvalue weighted by molar-refractivity contribution is -0.130. The van der Waals surface area contributed by atoms with Crippen LogP contribution in [0, 0.1) is 0 Å². The lowest BCUT2D eigenvalue weighted by Crippen LogP contribution is -2.45. The summed E-state index contributed by atoms with van der Waals surface area (Å²) in [5, 5.41) is 11.0. The molecule has 6 nitrogen and oxygen atoms in total. The fourth-order valence-corrected chi connectivity index (χ4v) is 3.43. The second kappa shape index (κ2) is 8.38. The number of hydrogen-bond donors (Lipinski definition) is 1. The number of hydrogen-bond acceptors (Lipinski definition) is 5. The average Bonchev–Trinajstić information content (AvgIpc) is 3.05. The summed E-state index contributed by atoms with van der Waals surface area (Å²) >= 11 is 0. The SMILES string of the molecule is CCN(Cc1ccncc1)C[C@@]1(O)CCN(C(=O)Cc2cccnc2)C1. The second-order valence-corrected chi connectivity index (χ2v) is 6.99. The van der Waals surface area contributed by atoms with Gasteiger partial charge in [-0.25, -0.2) is 0 Å². The number of carbonyl (C=O) groups is 1. The van der Waals surface area contributed by atoms with Gasteiger partial charge in [-0.2, -0.15) is 0 Å². The van der Waals surface area contributed by atoms with Gasteiger partial charge in [0.05, 0.1) is 18.6 Å². The highest BCUT2D eigenvalue weighted by Crippen LogP contribution is 2.24. The minimum absolute atomic E-state index is 0.0473. The summed E-state index contributed by atoms with van der Waals surface area (Å²) in [5.74, 6) is 0.0473. The second-order valence-electron chi connectivity index (χ2n) is 6.99. The summed E-state index contributed by atoms with van der Waals surface area (Å²) in [7, 11) is 0. The highest BCUT2D eigenvalue weighted by atomic mass is 16.3. The molecule has 0 bridgehead atoms. The molecule has 3 heterocycles. The van der Waals surface area contributed by atoms with Gasteiger partial charge in [0.1, 0.15) is 0 Å². The number of rotatable bonds is 7. The van der Waals surface area contributed by atoms with E-state index in [9.17, 15) is 9.90 Å². The molecule has 1 N–H and O–H groups in total. The van der Waals surface area contributed by atoms with Gasteiger partial charge in [-0.15, -0.1) is 0 Å². The van der Waals surface area contributed by atoms with Crippen LogP contribution in [-0.2, 0) is 17.8 Å². The smallest absolute Gasteiger partial charge is 0.227 e. The fourth-order valence-electron chi connectivity index (χ4n) is 3.43. The van der Waals surface area contributed by atoms with Crippen molar-refractivity contribution in [2.24, 2.45) is 0 Å². The van der Waals surface area contributed by atoms with E-state index in [4.69, 9.17) is 0 Å². The molecular weight excluding hydrogens is 328 g/mol. The maximum atomic E-state index is 12.5. The first-order valence-electron chi connectivity index (χ1n) is 9.08. The Kier molecular flexibility index (Phi) is 5.96. The summed E-state index contributed by atoms with van der Waals surface area (Å²) in [6, 6.07) is 7.72. The average molecular weight is 354 g/mol. The Morgan fingerprint density at radius 1 is 1.23 bits per heavy atom. The number of β-amino-alcohol motifs (C(OH)–C–C–N with tert-alkyl or cyclic N) is 1. The monoisotopic (exact) mass is 354 g/mol. The molecule has 0 unspecified atom stereocenters. The molecule has 6 heteroatoms. The number of likely N-dealkylation sites (N-methyl/N-ethyl adjacent to an activating group) is 1. The first-order valence-corrected chi connectivity index (χ1v) is 9.08. The molecule has 3 rings (SSSR count). The van der Waals surface area contributed by atoms with Crippen LogP contribution in [0.3, 0.4) is 0 Å². The molecule has 1 fully saturated rings. The van der Waals surface area contributed by atoms with E-state index in [0.717, 1.165) is 18.7 Å². The highest BCUT2D eigenvalue weighted by Gasteiger charge is 2.39. The van der Waals surface area contributed by atoms with Crippen LogP contribution in [0.15, 0.2) is 49.1 Å². The van der Waals surface area contributed by atoms with E-state index < -0.39 is 5.60 Å². The summed E-state index contributed by atoms with van der Waals surface area (Å²) in [6.45, 7) is 5.24. The number of carbonyl (C=O) groups excluding carboxylic acids is 1. The number of aliphatic hydroxyl groups is 1. The molecule has 1 aliphatic rings. The molecule has 1 aliphatic heterocycles. The van der Waals surface area contributed by atoms with Gasteiger partial charge >= 0.3 is 0 Å². The Hall–Kier alpha value is -2.31. The van der Waals surface area contributed by atoms with E-state index >= 15 is 0 Å². The van der Waals surface area contributed by atoms with Crippen LogP contribution in [0.1, 0.15) is 24.5 Å². The zero-order valence-corrected chi connectivity index (χ0v) is 15.2. The van der Waals surface area contributed by atoms with Crippen molar-refractivity contribution in [3.05, 3.63) is 60.2 Å². The standard InChI is InChI=1S/C20H26N4O2/c1-2-23(14-17-5-9-21-10-6-17)15-20(26)7-11-24(16-20)19(25)12-18-4-3-8-22-13-18/h3-6,8-10,13,26H,2,7,11-12,14-16H2,1H3/t20-/m0/s1. The maximum absolute atomic E-state index is 12.5. The fraction of sp³-hybridized carbons (Fsp3) is 0.450. The van der Waals surface area contributed by atoms with E-state index in [1.54, 1.807) is 29.7 Å². The first-order chi connectivity index (χ1) is 12.6. The van der Waals surface area contributed by atoms with Crippen molar-refractivity contribution in [2.75, 3.05) is 26.2 Å². The van der Waals surface area contributed by atoms with Crippen LogP contribution < -0.4 is 0 Å². The zero-order chi connectivity index (χ0) is 18.4. The van der Waals surface area contributed by atoms with Gasteiger partial charge in [0.25, 0.3) is 0 Å². The van der Waals surface area contributed by atoms with Crippen LogP contribution in [0.5, 0.6) is 0 Å². The van der Waals surface area contributed by atoms with Crippen molar-refractivity contribution in [3.63, 3.8) is 0 Å². The van der Waals surface area contributed by atoms with E-state index in [0.29, 0.717) is 32.5 Å². The molecule has 0 aromatic carbocycles. The largest absolute Gasteiger partial charge is 0.387 e. The first kappa shape index (κ1) is 18.5. The third-order valence-corrected chi connectivity index (χ3v) is 4.88. The van der Waals surface area contributed by atoms with Crippen molar-refractivity contribution in [1.29, 1.82) is 0 Å². The third-order valence-electron chi connectivity index (χ3n) is 4.88. The van der Waals surface area contributed by atoms with Crippen molar-refractivity contribution in [2.45, 2.75) is 31.9 Å². The number of pyridine rings is 2. The highest BCUT2D eigenvalue weighted by molar-refractivity contribution is 5.79. The predicted octanol–water partition coefficient (Wildman–Crippen LogP) is 1.50. The minimum Gasteiger partial charge on any atom is -0.387 e. The topological polar surface area (TPSA) is 69.6 Å². The molecule has 1 saturated heterocycles. The van der Waals surface area contributed by atoms with Crippen LogP contribution in [0.4, 0.5) is 0 Å². The van der Waals surface area contributed by atoms with Crippen molar-refractivity contribution in [3.8, 4) is 0 Å². The number of amides is 1. The van der Waals surface area contributed by atoms with E-state index in [-0.39, 0.29) is 5.91 Å². The number of likely N-dealkylation sites (tertiary alicyclic amines) is 1. The van der Waals surface area contributed by atoms with Crippen molar-refractivity contribution >= 4 is 5.91 Å². The van der Waals surface area contributed by atoms with Gasteiger partial charge in [0.15, 0.2) is 0 Å². The molecule has 26 heavy (non-hydrogen) atoms. The van der Waals surface area contributed by atoms with Gasteiger partial charge in [0, 0.05) is 44.4 Å². The van der Waals surface area contributed by atoms with Crippen molar-refractivity contribution in [1.82, 2.24) is 19.8 Å². The number of nitrogens with zero attached hydrogens (tertiary/aromatic N) is 4. The third kappa shape index (κ3) is 4.86. The van der Waals surface area contributed by atoms with E-state index in [2.05, 4.69) is 21.8 Å². The quantitative estimate of drug-likeness (QED) is 0.816. The Labute approximate surface area is 154 Å². The molecule has 138 valence electrons. The summed E-state index contributed by atoms with van der Waals surface area (Å²) in [5.41, 5.74) is 1.22. The maximum Gasteiger partial charge on any atom is 0.227 e. The van der Waals surface area contributed by atoms with Gasteiger partial charge in [-0.1, -0.05) is 13.0 Å². The van der Waals surface area contributed by atoms with Crippen LogP contribution in [0.2, 0.25) is 0 Å². The van der Waals surface area contributed by atoms with Gasteiger partial charge in [-0.3, -0.25) is 19.7 Å². The van der Waals surface area contributed by atoms with Gasteiger partial charge in [-0.05, 0) is 42.3 Å². The van der Waals surface area contributed by atoms with Crippen LogP contribution in [0.25, 0.3) is 0 Å². The Morgan fingerprint density at radius 3 is 2.73 bits per heavy atom. The molecule has 0 radical (unpaired) electrons. The van der Waals surface area contributed by atoms with Crippen LogP contribution >= 0.6 is 0 Å². The van der Waals surface area contributed by atoms with Crippen molar-refractivity contribution < 1.29 is 9.90 Å². The summed E-state index contributed by atoms with van der Waals surface area (Å²) in [4.78, 5) is 24.6. The van der Waals surface area contributed by atoms with Gasteiger partial charge in [0.2, 0.25) is 5.91 Å². The minimum atomic E-state index is -0.854. The van der Waals surface area contributed by atoms with E-state index in [1.807, 2.05) is 24.3 Å². The normalized spacial score (nSPS) is 19.9. The lowest BCUT2D eigenvalue weighted by atomic mass is 10.0. The Bertz CT molecular complexity index is 710. The summed E-state index contributed by atoms with van der Waals surface area (Å²) < 4.78 is 0. The predicted molar refractivity (Wildman–Crippen MR) is 99.3 cm³/mol. The Morgan fingerprint density at radius 2 is 2.04 bits per heavy atom. The molecule has 2 aromatic rings. The lowest BCUT2D eigenvalue weighted by Gasteiger charge is -2.30. The molecule has 0 saturated carbocycles. The Balaban J connectivity index is 1.56. The summed E-state index contributed by atoms with van der Waals surface area (Å²) in [6.07, 6.45) is 7.92. The molecule has 0 aliphatic carbocycles. The zero-order valence-electron chi connectivity index (χ0n) is 15.2. The van der Waals surface area contributed by atoms with Crippen LogP contribution in [-0.4, -0.2) is 62.6 Å². The van der Waals surface area contributed by atoms with E-state index in [1.165, 1.54) is 5.56 Å². The van der Waals surface area contributed by atoms with Gasteiger partial charge < -0.3 is 10.0 Å².